The van der Waals surface area contributed by atoms with Crippen molar-refractivity contribution < 1.29 is 13.5 Å². The number of hydrogen-bond donors (Lipinski definition) is 1. The smallest absolute Gasteiger partial charge is 0.244 e. The molecular formula is C12H20N2O3S2. The number of thiophene rings is 1. The van der Waals surface area contributed by atoms with Crippen LogP contribution in [0.5, 0.6) is 0 Å². The second kappa shape index (κ2) is 5.49. The quantitative estimate of drug-likeness (QED) is 0.897. The van der Waals surface area contributed by atoms with Gasteiger partial charge in [-0.2, -0.15) is 4.31 Å². The SMILES string of the molecule is Cc1sc(CO)cc1S(=O)(=O)N1CCC(N(C)C)C1. The second-order valence-electron chi connectivity index (χ2n) is 5.06. The molecule has 1 atom stereocenters. The predicted molar refractivity (Wildman–Crippen MR) is 75.8 cm³/mol. The molecule has 0 radical (unpaired) electrons. The molecule has 0 aliphatic carbocycles. The van der Waals surface area contributed by atoms with Crippen molar-refractivity contribution in [2.75, 3.05) is 27.2 Å². The lowest BCUT2D eigenvalue weighted by molar-refractivity contribution is 0.285. The Hall–Kier alpha value is -0.470. The highest BCUT2D eigenvalue weighted by Crippen LogP contribution is 2.30. The predicted octanol–water partition coefficient (Wildman–Crippen LogP) is 0.873. The summed E-state index contributed by atoms with van der Waals surface area (Å²) in [7, 11) is 0.526. The van der Waals surface area contributed by atoms with E-state index in [1.54, 1.807) is 17.3 Å². The molecule has 5 nitrogen and oxygen atoms in total. The van der Waals surface area contributed by atoms with Crippen molar-refractivity contribution >= 4 is 21.4 Å². The number of hydrogen-bond acceptors (Lipinski definition) is 5. The minimum absolute atomic E-state index is 0.110. The minimum atomic E-state index is -3.42. The van der Waals surface area contributed by atoms with Crippen LogP contribution in [0.4, 0.5) is 0 Å². The first kappa shape index (κ1) is 14.9. The monoisotopic (exact) mass is 304 g/mol. The summed E-state index contributed by atoms with van der Waals surface area (Å²) in [4.78, 5) is 3.85. The Morgan fingerprint density at radius 1 is 1.53 bits per heavy atom. The first-order chi connectivity index (χ1) is 8.86. The van der Waals surface area contributed by atoms with Gasteiger partial charge in [0.15, 0.2) is 0 Å². The maximum Gasteiger partial charge on any atom is 0.244 e. The Morgan fingerprint density at radius 2 is 2.21 bits per heavy atom. The molecule has 1 unspecified atom stereocenters. The van der Waals surface area contributed by atoms with Crippen molar-refractivity contribution in [3.63, 3.8) is 0 Å². The normalized spacial score (nSPS) is 21.4. The van der Waals surface area contributed by atoms with Crippen LogP contribution < -0.4 is 0 Å². The van der Waals surface area contributed by atoms with Crippen molar-refractivity contribution in [2.45, 2.75) is 30.9 Å². The Kier molecular flexibility index (Phi) is 4.32. The van der Waals surface area contributed by atoms with Gasteiger partial charge >= 0.3 is 0 Å². The van der Waals surface area contributed by atoms with Crippen LogP contribution in [0.3, 0.4) is 0 Å². The molecule has 1 aliphatic heterocycles. The number of nitrogens with zero attached hydrogens (tertiary/aromatic N) is 2. The van der Waals surface area contributed by atoms with E-state index in [1.807, 2.05) is 14.1 Å². The zero-order valence-electron chi connectivity index (χ0n) is 11.5. The fraction of sp³-hybridized carbons (Fsp3) is 0.667. The summed E-state index contributed by atoms with van der Waals surface area (Å²) in [5.74, 6) is 0. The van der Waals surface area contributed by atoms with Crippen LogP contribution in [0.15, 0.2) is 11.0 Å². The number of rotatable bonds is 4. The first-order valence-corrected chi connectivity index (χ1v) is 8.48. The van der Waals surface area contributed by atoms with Crippen LogP contribution >= 0.6 is 11.3 Å². The van der Waals surface area contributed by atoms with Gasteiger partial charge in [0, 0.05) is 28.9 Å². The molecule has 0 amide bonds. The topological polar surface area (TPSA) is 60.9 Å². The third-order valence-electron chi connectivity index (χ3n) is 3.55. The molecule has 108 valence electrons. The fourth-order valence-electron chi connectivity index (χ4n) is 2.35. The largest absolute Gasteiger partial charge is 0.391 e. The van der Waals surface area contributed by atoms with Gasteiger partial charge in [-0.3, -0.25) is 0 Å². The Balaban J connectivity index is 2.26. The van der Waals surface area contributed by atoms with Crippen molar-refractivity contribution in [3.05, 3.63) is 15.8 Å². The lowest BCUT2D eigenvalue weighted by Crippen LogP contribution is -2.34. The zero-order chi connectivity index (χ0) is 14.2. The van der Waals surface area contributed by atoms with Crippen molar-refractivity contribution in [1.29, 1.82) is 0 Å². The summed E-state index contributed by atoms with van der Waals surface area (Å²) in [6.07, 6.45) is 0.863. The fourth-order valence-corrected chi connectivity index (χ4v) is 5.30. The van der Waals surface area contributed by atoms with Crippen LogP contribution in [0.2, 0.25) is 0 Å². The molecule has 1 saturated heterocycles. The van der Waals surface area contributed by atoms with Crippen molar-refractivity contribution in [2.24, 2.45) is 0 Å². The number of likely N-dealkylation sites (N-methyl/N-ethyl adjacent to an activating group) is 1. The van der Waals surface area contributed by atoms with E-state index in [2.05, 4.69) is 4.90 Å². The van der Waals surface area contributed by atoms with Crippen molar-refractivity contribution in [3.8, 4) is 0 Å². The summed E-state index contributed by atoms with van der Waals surface area (Å²) in [6.45, 7) is 2.78. The summed E-state index contributed by atoms with van der Waals surface area (Å²) in [5, 5.41) is 9.12. The van der Waals surface area contributed by atoms with Gasteiger partial charge in [0.25, 0.3) is 0 Å². The summed E-state index contributed by atoms with van der Waals surface area (Å²) < 4.78 is 26.7. The third-order valence-corrected chi connectivity index (χ3v) is 6.71. The maximum atomic E-state index is 12.6. The van der Waals surface area contributed by atoms with Gasteiger partial charge < -0.3 is 10.0 Å². The lowest BCUT2D eigenvalue weighted by Gasteiger charge is -2.20. The van der Waals surface area contributed by atoms with Gasteiger partial charge in [-0.15, -0.1) is 11.3 Å². The van der Waals surface area contributed by atoms with E-state index in [0.29, 0.717) is 22.9 Å². The van der Waals surface area contributed by atoms with Crippen LogP contribution in [0.25, 0.3) is 0 Å². The van der Waals surface area contributed by atoms with Gasteiger partial charge in [-0.25, -0.2) is 8.42 Å². The van der Waals surface area contributed by atoms with Crippen LogP contribution in [-0.2, 0) is 16.6 Å². The third kappa shape index (κ3) is 2.85. The van der Waals surface area contributed by atoms with Crippen LogP contribution in [0.1, 0.15) is 16.2 Å². The van der Waals surface area contributed by atoms with Gasteiger partial charge in [0.1, 0.15) is 0 Å². The van der Waals surface area contributed by atoms with Gasteiger partial charge in [-0.05, 0) is 33.5 Å². The van der Waals surface area contributed by atoms with Crippen molar-refractivity contribution in [1.82, 2.24) is 9.21 Å². The van der Waals surface area contributed by atoms with E-state index in [4.69, 9.17) is 5.11 Å². The molecule has 0 saturated carbocycles. The number of aliphatic hydroxyl groups excluding tert-OH is 1. The summed E-state index contributed by atoms with van der Waals surface area (Å²) in [5.41, 5.74) is 0. The average molecular weight is 304 g/mol. The lowest BCUT2D eigenvalue weighted by atomic mass is 10.2. The van der Waals surface area contributed by atoms with Crippen LogP contribution in [0, 0.1) is 6.92 Å². The second-order valence-corrected chi connectivity index (χ2v) is 8.31. The highest BCUT2D eigenvalue weighted by Gasteiger charge is 2.34. The molecule has 2 rings (SSSR count). The van der Waals surface area contributed by atoms with E-state index in [1.165, 1.54) is 11.3 Å². The maximum absolute atomic E-state index is 12.6. The first-order valence-electron chi connectivity index (χ1n) is 6.23. The summed E-state index contributed by atoms with van der Waals surface area (Å²) in [6, 6.07) is 1.88. The number of aryl methyl sites for hydroxylation is 1. The molecule has 0 bridgehead atoms. The van der Waals surface area contributed by atoms with E-state index >= 15 is 0 Å². The molecule has 1 N–H and O–H groups in total. The molecule has 2 heterocycles. The zero-order valence-corrected chi connectivity index (χ0v) is 13.1. The van der Waals surface area contributed by atoms with E-state index < -0.39 is 10.0 Å². The Labute approximate surface area is 118 Å². The standard InChI is InChI=1S/C12H20N2O3S2/c1-9-12(6-11(8-15)18-9)19(16,17)14-5-4-10(7-14)13(2)3/h6,10,15H,4-5,7-8H2,1-3H3. The van der Waals surface area contributed by atoms with Gasteiger partial charge in [0.2, 0.25) is 10.0 Å². The number of aliphatic hydroxyl groups is 1. The molecule has 0 spiro atoms. The number of sulfonamides is 1. The van der Waals surface area contributed by atoms with E-state index in [9.17, 15) is 8.42 Å². The molecule has 19 heavy (non-hydrogen) atoms. The Morgan fingerprint density at radius 3 is 2.68 bits per heavy atom. The van der Waals surface area contributed by atoms with Gasteiger partial charge in [0.05, 0.1) is 11.5 Å². The van der Waals surface area contributed by atoms with E-state index in [-0.39, 0.29) is 12.6 Å². The minimum Gasteiger partial charge on any atom is -0.391 e. The molecule has 1 aromatic rings. The molecule has 0 aromatic carbocycles. The molecule has 1 aromatic heterocycles. The summed E-state index contributed by atoms with van der Waals surface area (Å²) >= 11 is 1.34. The van der Waals surface area contributed by atoms with E-state index in [0.717, 1.165) is 11.3 Å². The molecular weight excluding hydrogens is 284 g/mol. The van der Waals surface area contributed by atoms with Crippen LogP contribution in [-0.4, -0.2) is 56.0 Å². The average Bonchev–Trinajstić information content (AvgIpc) is 2.95. The van der Waals surface area contributed by atoms with Gasteiger partial charge in [-0.1, -0.05) is 0 Å². The molecule has 1 aliphatic rings. The highest BCUT2D eigenvalue weighted by molar-refractivity contribution is 7.89. The highest BCUT2D eigenvalue weighted by atomic mass is 32.2. The molecule has 1 fully saturated rings. The Bertz CT molecular complexity index is 551. The molecule has 7 heteroatoms.